The summed E-state index contributed by atoms with van der Waals surface area (Å²) in [5.74, 6) is -0.0135. The fourth-order valence-electron chi connectivity index (χ4n) is 3.24. The lowest BCUT2D eigenvalue weighted by atomic mass is 9.73. The van der Waals surface area contributed by atoms with Gasteiger partial charge in [-0.15, -0.1) is 0 Å². The molecule has 0 unspecified atom stereocenters. The first-order valence-electron chi connectivity index (χ1n) is 7.40. The summed E-state index contributed by atoms with van der Waals surface area (Å²) in [6.07, 6.45) is 3.64. The van der Waals surface area contributed by atoms with Gasteiger partial charge in [0.25, 0.3) is 0 Å². The van der Waals surface area contributed by atoms with Crippen molar-refractivity contribution in [1.29, 1.82) is 0 Å². The van der Waals surface area contributed by atoms with Crippen LogP contribution < -0.4 is 4.90 Å². The van der Waals surface area contributed by atoms with Crippen molar-refractivity contribution in [2.45, 2.75) is 31.8 Å². The Hall–Kier alpha value is -1.04. The van der Waals surface area contributed by atoms with Gasteiger partial charge in [-0.25, -0.2) is 4.98 Å². The fourth-order valence-corrected chi connectivity index (χ4v) is 3.74. The van der Waals surface area contributed by atoms with Gasteiger partial charge < -0.3 is 15.1 Å². The first-order chi connectivity index (χ1) is 10.4. The minimum Gasteiger partial charge on any atom is -0.481 e. The molecular formula is C15H18Cl2N2O3. The molecule has 1 aliphatic heterocycles. The molecule has 1 saturated carbocycles. The van der Waals surface area contributed by atoms with Crippen molar-refractivity contribution in [3.63, 3.8) is 0 Å². The normalized spacial score (nSPS) is 28.7. The quantitative estimate of drug-likeness (QED) is 0.878. The van der Waals surface area contributed by atoms with Crippen LogP contribution in [-0.2, 0) is 4.79 Å². The number of carboxylic acid groups (broad SMARTS) is 1. The van der Waals surface area contributed by atoms with Gasteiger partial charge in [0.2, 0.25) is 0 Å². The molecule has 0 spiro atoms. The van der Waals surface area contributed by atoms with Gasteiger partial charge in [0.1, 0.15) is 11.2 Å². The number of aliphatic hydroxyl groups is 1. The highest BCUT2D eigenvalue weighted by Crippen LogP contribution is 2.46. The monoisotopic (exact) mass is 344 g/mol. The van der Waals surface area contributed by atoms with E-state index < -0.39 is 17.5 Å². The maximum Gasteiger partial charge on any atom is 0.314 e. The van der Waals surface area contributed by atoms with Gasteiger partial charge >= 0.3 is 5.97 Å². The van der Waals surface area contributed by atoms with Crippen LogP contribution in [-0.4, -0.2) is 40.4 Å². The first kappa shape index (κ1) is 15.8. The van der Waals surface area contributed by atoms with E-state index in [0.29, 0.717) is 41.2 Å². The fraction of sp³-hybridized carbons (Fsp3) is 0.600. The van der Waals surface area contributed by atoms with Crippen molar-refractivity contribution in [3.8, 4) is 0 Å². The number of aliphatic carboxylic acids is 1. The van der Waals surface area contributed by atoms with Crippen molar-refractivity contribution in [3.05, 3.63) is 22.3 Å². The van der Waals surface area contributed by atoms with Crippen LogP contribution in [0, 0.1) is 11.3 Å². The highest BCUT2D eigenvalue weighted by atomic mass is 35.5. The second-order valence-electron chi connectivity index (χ2n) is 6.29. The standard InChI is InChI=1S/C15H18Cl2N2O3/c16-10-5-11(17)13(18-7-10)19-4-3-12(20)15(8-19,14(21)22)6-9-1-2-9/h5,7,9,12,20H,1-4,6,8H2,(H,21,22)/t12-,15+/m0/s1. The van der Waals surface area contributed by atoms with Gasteiger partial charge in [0, 0.05) is 19.3 Å². The number of hydrogen-bond acceptors (Lipinski definition) is 4. The molecule has 0 radical (unpaired) electrons. The lowest BCUT2D eigenvalue weighted by Gasteiger charge is -2.44. The van der Waals surface area contributed by atoms with E-state index in [9.17, 15) is 15.0 Å². The Labute approximate surface area is 138 Å². The summed E-state index contributed by atoms with van der Waals surface area (Å²) < 4.78 is 0. The third-order valence-electron chi connectivity index (χ3n) is 4.65. The van der Waals surface area contributed by atoms with E-state index in [2.05, 4.69) is 4.98 Å². The molecule has 1 aliphatic carbocycles. The molecule has 22 heavy (non-hydrogen) atoms. The Bertz CT molecular complexity index is 594. The SMILES string of the molecule is O=C(O)[C@]1(CC2CC2)CN(c2ncc(Cl)cc2Cl)CC[C@@H]1O. The van der Waals surface area contributed by atoms with Gasteiger partial charge in [0.05, 0.1) is 16.1 Å². The number of carboxylic acids is 1. The minimum absolute atomic E-state index is 0.217. The highest BCUT2D eigenvalue weighted by molar-refractivity contribution is 6.36. The second-order valence-corrected chi connectivity index (χ2v) is 7.14. The Morgan fingerprint density at radius 2 is 2.14 bits per heavy atom. The number of rotatable bonds is 4. The van der Waals surface area contributed by atoms with Crippen molar-refractivity contribution < 1.29 is 15.0 Å². The summed E-state index contributed by atoms with van der Waals surface area (Å²) in [7, 11) is 0. The summed E-state index contributed by atoms with van der Waals surface area (Å²) in [6, 6.07) is 1.60. The molecule has 2 heterocycles. The zero-order valence-corrected chi connectivity index (χ0v) is 13.5. The van der Waals surface area contributed by atoms with Crippen LogP contribution >= 0.6 is 23.2 Å². The average Bonchev–Trinajstić information content (AvgIpc) is 3.25. The van der Waals surface area contributed by atoms with Crippen LogP contribution in [0.25, 0.3) is 0 Å². The minimum atomic E-state index is -1.15. The molecule has 5 nitrogen and oxygen atoms in total. The average molecular weight is 345 g/mol. The zero-order chi connectivity index (χ0) is 15.9. The van der Waals surface area contributed by atoms with Crippen molar-refractivity contribution >= 4 is 35.0 Å². The van der Waals surface area contributed by atoms with E-state index in [1.54, 1.807) is 6.07 Å². The number of aliphatic hydroxyl groups excluding tert-OH is 1. The molecule has 2 aliphatic rings. The third kappa shape index (κ3) is 2.90. The number of anilines is 1. The molecule has 1 aromatic heterocycles. The molecule has 3 rings (SSSR count). The summed E-state index contributed by atoms with van der Waals surface area (Å²) in [6.45, 7) is 0.740. The van der Waals surface area contributed by atoms with Gasteiger partial charge in [-0.1, -0.05) is 36.0 Å². The number of piperidine rings is 1. The molecule has 120 valence electrons. The van der Waals surface area contributed by atoms with Crippen molar-refractivity contribution in [1.82, 2.24) is 4.98 Å². The number of halogens is 2. The largest absolute Gasteiger partial charge is 0.481 e. The third-order valence-corrected chi connectivity index (χ3v) is 5.13. The second kappa shape index (κ2) is 5.87. The Kier molecular flexibility index (Phi) is 4.23. The van der Waals surface area contributed by atoms with Crippen LogP contribution in [0.4, 0.5) is 5.82 Å². The maximum atomic E-state index is 11.9. The van der Waals surface area contributed by atoms with E-state index in [-0.39, 0.29) is 6.54 Å². The number of carbonyl (C=O) groups is 1. The van der Waals surface area contributed by atoms with E-state index in [0.717, 1.165) is 12.8 Å². The van der Waals surface area contributed by atoms with E-state index >= 15 is 0 Å². The molecule has 2 fully saturated rings. The Morgan fingerprint density at radius 1 is 1.41 bits per heavy atom. The number of pyridine rings is 1. The van der Waals surface area contributed by atoms with E-state index in [1.165, 1.54) is 6.20 Å². The maximum absolute atomic E-state index is 11.9. The molecule has 0 amide bonds. The lowest BCUT2D eigenvalue weighted by molar-refractivity contribution is -0.158. The van der Waals surface area contributed by atoms with Crippen molar-refractivity contribution in [2.24, 2.45) is 11.3 Å². The van der Waals surface area contributed by atoms with E-state index in [4.69, 9.17) is 23.2 Å². The number of hydrogen-bond donors (Lipinski definition) is 2. The predicted octanol–water partition coefficient (Wildman–Crippen LogP) is 2.83. The molecule has 1 aromatic rings. The molecule has 2 N–H and O–H groups in total. The lowest BCUT2D eigenvalue weighted by Crippen LogP contribution is -2.56. The zero-order valence-electron chi connectivity index (χ0n) is 12.0. The molecule has 0 aromatic carbocycles. The number of nitrogens with zero attached hydrogens (tertiary/aromatic N) is 2. The molecule has 1 saturated heterocycles. The summed E-state index contributed by atoms with van der Waals surface area (Å²) >= 11 is 12.1. The van der Waals surface area contributed by atoms with Crippen LogP contribution in [0.3, 0.4) is 0 Å². The molecule has 2 atom stereocenters. The summed E-state index contributed by atoms with van der Waals surface area (Å²) in [5.41, 5.74) is -1.15. The van der Waals surface area contributed by atoms with E-state index in [1.807, 2.05) is 4.90 Å². The van der Waals surface area contributed by atoms with Crippen LogP contribution in [0.2, 0.25) is 10.0 Å². The summed E-state index contributed by atoms with van der Waals surface area (Å²) in [5, 5.41) is 21.0. The van der Waals surface area contributed by atoms with Gasteiger partial charge in [0.15, 0.2) is 0 Å². The van der Waals surface area contributed by atoms with Crippen LogP contribution in [0.15, 0.2) is 12.3 Å². The summed E-state index contributed by atoms with van der Waals surface area (Å²) in [4.78, 5) is 18.0. The first-order valence-corrected chi connectivity index (χ1v) is 8.15. The predicted molar refractivity (Wildman–Crippen MR) is 84.5 cm³/mol. The molecule has 7 heteroatoms. The highest BCUT2D eigenvalue weighted by Gasteiger charge is 2.52. The molecular weight excluding hydrogens is 327 g/mol. The van der Waals surface area contributed by atoms with Crippen LogP contribution in [0.5, 0.6) is 0 Å². The smallest absolute Gasteiger partial charge is 0.314 e. The van der Waals surface area contributed by atoms with Gasteiger partial charge in [-0.3, -0.25) is 4.79 Å². The molecule has 0 bridgehead atoms. The topological polar surface area (TPSA) is 73.7 Å². The van der Waals surface area contributed by atoms with Crippen molar-refractivity contribution in [2.75, 3.05) is 18.0 Å². The Morgan fingerprint density at radius 3 is 2.73 bits per heavy atom. The number of aromatic nitrogens is 1. The van der Waals surface area contributed by atoms with Crippen LogP contribution in [0.1, 0.15) is 25.7 Å². The Balaban J connectivity index is 1.89. The van der Waals surface area contributed by atoms with Gasteiger partial charge in [-0.2, -0.15) is 0 Å². The van der Waals surface area contributed by atoms with Gasteiger partial charge in [-0.05, 0) is 24.8 Å².